The van der Waals surface area contributed by atoms with Crippen molar-refractivity contribution in [2.24, 2.45) is 7.05 Å². The molecule has 7 heteroatoms. The Morgan fingerprint density at radius 2 is 2.32 bits per heavy atom. The van der Waals surface area contributed by atoms with Crippen molar-refractivity contribution >= 4 is 5.91 Å². The number of hydrogen-bond donors (Lipinski definition) is 2. The van der Waals surface area contributed by atoms with Gasteiger partial charge in [0.15, 0.2) is 0 Å². The Hall–Kier alpha value is -2.18. The van der Waals surface area contributed by atoms with Crippen molar-refractivity contribution in [3.8, 4) is 0 Å². The van der Waals surface area contributed by atoms with Crippen LogP contribution in [0.2, 0.25) is 0 Å². The Kier molecular flexibility index (Phi) is 4.27. The van der Waals surface area contributed by atoms with Crippen LogP contribution < -0.4 is 5.32 Å². The first kappa shape index (κ1) is 13.3. The summed E-state index contributed by atoms with van der Waals surface area (Å²) in [4.78, 5) is 15.9. The second-order valence-corrected chi connectivity index (χ2v) is 4.31. The Balaban J connectivity index is 1.82. The first-order valence-corrected chi connectivity index (χ1v) is 6.37. The van der Waals surface area contributed by atoms with E-state index in [4.69, 9.17) is 0 Å². The van der Waals surface area contributed by atoms with Crippen LogP contribution in [0.1, 0.15) is 35.5 Å². The van der Waals surface area contributed by atoms with Crippen molar-refractivity contribution in [3.63, 3.8) is 0 Å². The zero-order valence-corrected chi connectivity index (χ0v) is 11.2. The Labute approximate surface area is 111 Å². The molecule has 2 N–H and O–H groups in total. The fraction of sp³-hybridized carbons (Fsp3) is 0.500. The maximum absolute atomic E-state index is 11.8. The summed E-state index contributed by atoms with van der Waals surface area (Å²) in [5.74, 6) is 0.702. The summed E-state index contributed by atoms with van der Waals surface area (Å²) >= 11 is 0. The lowest BCUT2D eigenvalue weighted by Gasteiger charge is -2.03. The van der Waals surface area contributed by atoms with E-state index in [0.29, 0.717) is 6.54 Å². The van der Waals surface area contributed by atoms with Crippen LogP contribution in [0.5, 0.6) is 0 Å². The van der Waals surface area contributed by atoms with E-state index < -0.39 is 0 Å². The molecule has 1 amide bonds. The molecule has 0 aromatic carbocycles. The molecule has 0 aliphatic heterocycles. The average Bonchev–Trinajstić information content (AvgIpc) is 3.00. The monoisotopic (exact) mass is 262 g/mol. The quantitative estimate of drug-likeness (QED) is 0.791. The van der Waals surface area contributed by atoms with E-state index >= 15 is 0 Å². The number of amides is 1. The molecule has 0 fully saturated rings. The Morgan fingerprint density at radius 1 is 1.47 bits per heavy atom. The second-order valence-electron chi connectivity index (χ2n) is 4.31. The zero-order chi connectivity index (χ0) is 13.7. The molecule has 2 aromatic heterocycles. The fourth-order valence-corrected chi connectivity index (χ4v) is 1.78. The molecule has 0 aliphatic carbocycles. The van der Waals surface area contributed by atoms with Gasteiger partial charge in [-0.2, -0.15) is 5.10 Å². The normalized spacial score (nSPS) is 10.6. The first-order chi connectivity index (χ1) is 9.20. The van der Waals surface area contributed by atoms with Crippen molar-refractivity contribution in [3.05, 3.63) is 29.6 Å². The van der Waals surface area contributed by atoms with Crippen LogP contribution in [0.4, 0.5) is 0 Å². The lowest BCUT2D eigenvalue weighted by Crippen LogP contribution is -2.27. The molecule has 0 saturated heterocycles. The molecule has 2 aromatic rings. The molecule has 102 valence electrons. The molecular weight excluding hydrogens is 244 g/mol. The lowest BCUT2D eigenvalue weighted by atomic mass is 10.3. The molecule has 0 bridgehead atoms. The maximum atomic E-state index is 11.8. The van der Waals surface area contributed by atoms with E-state index in [1.165, 1.54) is 0 Å². The highest BCUT2D eigenvalue weighted by Crippen LogP contribution is 1.98. The van der Waals surface area contributed by atoms with Gasteiger partial charge in [-0.1, -0.05) is 6.92 Å². The third kappa shape index (κ3) is 3.40. The molecule has 7 nitrogen and oxygen atoms in total. The van der Waals surface area contributed by atoms with Gasteiger partial charge in [0.2, 0.25) is 5.82 Å². The van der Waals surface area contributed by atoms with Crippen molar-refractivity contribution in [2.75, 3.05) is 6.54 Å². The fourth-order valence-electron chi connectivity index (χ4n) is 1.78. The van der Waals surface area contributed by atoms with Gasteiger partial charge >= 0.3 is 0 Å². The van der Waals surface area contributed by atoms with Crippen LogP contribution in [0.25, 0.3) is 0 Å². The number of aromatic amines is 1. The molecular formula is C12H18N6O. The number of nitrogens with one attached hydrogen (secondary N) is 2. The molecule has 0 saturated carbocycles. The number of nitrogens with zero attached hydrogens (tertiary/aromatic N) is 4. The third-order valence-electron chi connectivity index (χ3n) is 2.81. The van der Waals surface area contributed by atoms with Gasteiger partial charge in [0, 0.05) is 38.3 Å². The summed E-state index contributed by atoms with van der Waals surface area (Å²) in [5.41, 5.74) is 1.07. The number of rotatable bonds is 6. The molecule has 2 rings (SSSR count). The maximum Gasteiger partial charge on any atom is 0.290 e. The second kappa shape index (κ2) is 6.12. The number of carbonyl (C=O) groups is 1. The van der Waals surface area contributed by atoms with Crippen molar-refractivity contribution in [1.82, 2.24) is 30.3 Å². The van der Waals surface area contributed by atoms with Crippen LogP contribution in [-0.2, 0) is 19.9 Å². The smallest absolute Gasteiger partial charge is 0.290 e. The summed E-state index contributed by atoms with van der Waals surface area (Å²) in [5, 5.41) is 13.5. The SMILES string of the molecule is CCCc1nc(C(=O)NCCc2ccnn2C)n[nH]1. The van der Waals surface area contributed by atoms with Crippen LogP contribution >= 0.6 is 0 Å². The summed E-state index contributed by atoms with van der Waals surface area (Å²) in [7, 11) is 1.88. The van der Waals surface area contributed by atoms with Gasteiger partial charge in [-0.25, -0.2) is 4.98 Å². The molecule has 0 aliphatic rings. The minimum absolute atomic E-state index is 0.202. The molecule has 0 unspecified atom stereocenters. The van der Waals surface area contributed by atoms with Crippen molar-refractivity contribution < 1.29 is 4.79 Å². The summed E-state index contributed by atoms with van der Waals surface area (Å²) in [6.07, 6.45) is 4.24. The van der Waals surface area contributed by atoms with Crippen LogP contribution in [0.3, 0.4) is 0 Å². The van der Waals surface area contributed by atoms with E-state index in [2.05, 4.69) is 32.5 Å². The van der Waals surface area contributed by atoms with Crippen LogP contribution in [0.15, 0.2) is 12.3 Å². The average molecular weight is 262 g/mol. The zero-order valence-electron chi connectivity index (χ0n) is 11.2. The largest absolute Gasteiger partial charge is 0.349 e. The lowest BCUT2D eigenvalue weighted by molar-refractivity contribution is 0.0944. The van der Waals surface area contributed by atoms with Crippen molar-refractivity contribution in [2.45, 2.75) is 26.2 Å². The number of hydrogen-bond acceptors (Lipinski definition) is 4. The number of aryl methyl sites for hydroxylation is 2. The van der Waals surface area contributed by atoms with E-state index in [1.54, 1.807) is 10.9 Å². The van der Waals surface area contributed by atoms with Gasteiger partial charge in [0.1, 0.15) is 5.82 Å². The van der Waals surface area contributed by atoms with E-state index in [1.807, 2.05) is 13.1 Å². The van der Waals surface area contributed by atoms with E-state index in [-0.39, 0.29) is 11.7 Å². The highest BCUT2D eigenvalue weighted by molar-refractivity contribution is 5.90. The molecule has 0 atom stereocenters. The van der Waals surface area contributed by atoms with Crippen LogP contribution in [0, 0.1) is 0 Å². The Morgan fingerprint density at radius 3 is 3.00 bits per heavy atom. The van der Waals surface area contributed by atoms with Crippen LogP contribution in [-0.4, -0.2) is 37.4 Å². The minimum Gasteiger partial charge on any atom is -0.349 e. The van der Waals surface area contributed by atoms with Gasteiger partial charge in [0.25, 0.3) is 5.91 Å². The minimum atomic E-state index is -0.249. The summed E-state index contributed by atoms with van der Waals surface area (Å²) in [6.45, 7) is 2.59. The number of H-pyrrole nitrogens is 1. The molecule has 2 heterocycles. The molecule has 0 radical (unpaired) electrons. The predicted octanol–water partition coefficient (Wildman–Crippen LogP) is 0.463. The third-order valence-corrected chi connectivity index (χ3v) is 2.81. The highest BCUT2D eigenvalue weighted by atomic mass is 16.2. The van der Waals surface area contributed by atoms with Crippen molar-refractivity contribution in [1.29, 1.82) is 0 Å². The Bertz CT molecular complexity index is 544. The van der Waals surface area contributed by atoms with E-state index in [9.17, 15) is 4.79 Å². The standard InChI is InChI=1S/C12H18N6O/c1-3-4-10-15-11(17-16-10)12(19)13-7-5-9-6-8-14-18(9)2/h6,8H,3-5,7H2,1-2H3,(H,13,19)(H,15,16,17). The van der Waals surface area contributed by atoms with Gasteiger partial charge in [-0.3, -0.25) is 14.6 Å². The van der Waals surface area contributed by atoms with Gasteiger partial charge in [0.05, 0.1) is 0 Å². The van der Waals surface area contributed by atoms with Gasteiger partial charge in [-0.15, -0.1) is 5.10 Å². The summed E-state index contributed by atoms with van der Waals surface area (Å²) in [6, 6.07) is 1.93. The summed E-state index contributed by atoms with van der Waals surface area (Å²) < 4.78 is 1.79. The molecule has 19 heavy (non-hydrogen) atoms. The van der Waals surface area contributed by atoms with Gasteiger partial charge < -0.3 is 5.32 Å². The van der Waals surface area contributed by atoms with Gasteiger partial charge in [-0.05, 0) is 12.5 Å². The van der Waals surface area contributed by atoms with E-state index in [0.717, 1.165) is 30.8 Å². The first-order valence-electron chi connectivity index (χ1n) is 6.37. The molecule has 0 spiro atoms. The predicted molar refractivity (Wildman–Crippen MR) is 69.6 cm³/mol. The highest BCUT2D eigenvalue weighted by Gasteiger charge is 2.11. The topological polar surface area (TPSA) is 88.5 Å². The number of carbonyl (C=O) groups excluding carboxylic acids is 1. The number of aromatic nitrogens is 5.